The van der Waals surface area contributed by atoms with Gasteiger partial charge in [0.1, 0.15) is 6.61 Å². The van der Waals surface area contributed by atoms with Gasteiger partial charge in [0.15, 0.2) is 0 Å². The topological polar surface area (TPSA) is 75.7 Å². The maximum absolute atomic E-state index is 12.9. The fourth-order valence-corrected chi connectivity index (χ4v) is 3.17. The highest BCUT2D eigenvalue weighted by Crippen LogP contribution is 2.34. The molecule has 23 heavy (non-hydrogen) atoms. The molecule has 0 saturated carbocycles. The lowest BCUT2D eigenvalue weighted by Crippen LogP contribution is -2.47. The van der Waals surface area contributed by atoms with Crippen molar-refractivity contribution in [3.05, 3.63) is 35.9 Å². The van der Waals surface area contributed by atoms with Gasteiger partial charge in [0, 0.05) is 6.54 Å². The molecule has 2 heterocycles. The van der Waals surface area contributed by atoms with Crippen LogP contribution < -0.4 is 5.32 Å². The van der Waals surface area contributed by atoms with Crippen molar-refractivity contribution in [3.63, 3.8) is 0 Å². The Bertz CT molecular complexity index is 641. The molecule has 3 amide bonds. The maximum Gasteiger partial charge on any atom is 0.416 e. The van der Waals surface area contributed by atoms with Crippen molar-refractivity contribution in [2.24, 2.45) is 11.3 Å². The highest BCUT2D eigenvalue weighted by molar-refractivity contribution is 6.00. The predicted octanol–water partition coefficient (Wildman–Crippen LogP) is 1.35. The fourth-order valence-electron chi connectivity index (χ4n) is 3.17. The molecule has 0 aromatic heterocycles. The van der Waals surface area contributed by atoms with Crippen LogP contribution in [0.2, 0.25) is 0 Å². The number of nitrogens with zero attached hydrogens (tertiary/aromatic N) is 1. The lowest BCUT2D eigenvalue weighted by Gasteiger charge is -2.28. The van der Waals surface area contributed by atoms with Gasteiger partial charge in [-0.05, 0) is 12.0 Å². The number of rotatable bonds is 3. The average Bonchev–Trinajstić information content (AvgIpc) is 3.00. The molecule has 1 aromatic rings. The van der Waals surface area contributed by atoms with Crippen LogP contribution in [0.5, 0.6) is 0 Å². The molecule has 2 aliphatic rings. The molecule has 0 aliphatic carbocycles. The van der Waals surface area contributed by atoms with E-state index in [1.54, 1.807) is 13.8 Å². The molecule has 122 valence electrons. The monoisotopic (exact) mass is 316 g/mol. The van der Waals surface area contributed by atoms with Gasteiger partial charge in [-0.1, -0.05) is 44.2 Å². The van der Waals surface area contributed by atoms with Gasteiger partial charge in [0.2, 0.25) is 11.8 Å². The Morgan fingerprint density at radius 2 is 2.00 bits per heavy atom. The third kappa shape index (κ3) is 2.69. The van der Waals surface area contributed by atoms with Gasteiger partial charge in [0.05, 0.1) is 17.4 Å². The first kappa shape index (κ1) is 15.5. The first-order valence-electron chi connectivity index (χ1n) is 7.73. The number of nitrogens with one attached hydrogen (secondary N) is 1. The Kier molecular flexibility index (Phi) is 3.83. The van der Waals surface area contributed by atoms with Crippen LogP contribution in [-0.4, -0.2) is 42.0 Å². The summed E-state index contributed by atoms with van der Waals surface area (Å²) in [6.45, 7) is 3.90. The van der Waals surface area contributed by atoms with Gasteiger partial charge < -0.3 is 10.1 Å². The highest BCUT2D eigenvalue weighted by atomic mass is 16.6. The number of cyclic esters (lactones) is 1. The van der Waals surface area contributed by atoms with Crippen LogP contribution in [0.15, 0.2) is 30.3 Å². The Balaban J connectivity index is 1.80. The molecule has 0 spiro atoms. The van der Waals surface area contributed by atoms with Gasteiger partial charge in [-0.25, -0.2) is 9.69 Å². The minimum Gasteiger partial charge on any atom is -0.447 e. The Labute approximate surface area is 134 Å². The van der Waals surface area contributed by atoms with E-state index in [1.807, 2.05) is 30.3 Å². The molecular formula is C17H20N2O4. The van der Waals surface area contributed by atoms with E-state index in [4.69, 9.17) is 4.74 Å². The predicted molar refractivity (Wildman–Crippen MR) is 82.4 cm³/mol. The summed E-state index contributed by atoms with van der Waals surface area (Å²) in [6.07, 6.45) is -0.0709. The molecule has 1 unspecified atom stereocenters. The zero-order valence-corrected chi connectivity index (χ0v) is 13.2. The molecule has 2 fully saturated rings. The number of amides is 3. The maximum atomic E-state index is 12.9. The van der Waals surface area contributed by atoms with Crippen LogP contribution in [0.25, 0.3) is 0 Å². The van der Waals surface area contributed by atoms with Crippen LogP contribution in [0, 0.1) is 11.3 Å². The molecule has 1 N–H and O–H groups in total. The second kappa shape index (κ2) is 5.68. The largest absolute Gasteiger partial charge is 0.447 e. The second-order valence-corrected chi connectivity index (χ2v) is 6.61. The van der Waals surface area contributed by atoms with Crippen molar-refractivity contribution in [1.82, 2.24) is 10.2 Å². The Morgan fingerprint density at radius 3 is 2.61 bits per heavy atom. The highest BCUT2D eigenvalue weighted by Gasteiger charge is 2.51. The van der Waals surface area contributed by atoms with Gasteiger partial charge in [-0.15, -0.1) is 0 Å². The normalized spacial score (nSPS) is 26.1. The van der Waals surface area contributed by atoms with Crippen LogP contribution >= 0.6 is 0 Å². The summed E-state index contributed by atoms with van der Waals surface area (Å²) in [6, 6.07) is 9.33. The van der Waals surface area contributed by atoms with Crippen molar-refractivity contribution in [3.8, 4) is 0 Å². The van der Waals surface area contributed by atoms with E-state index in [2.05, 4.69) is 5.32 Å². The first-order chi connectivity index (χ1) is 10.9. The first-order valence-corrected chi connectivity index (χ1v) is 7.73. The minimum atomic E-state index is -0.822. The van der Waals surface area contributed by atoms with E-state index < -0.39 is 17.4 Å². The van der Waals surface area contributed by atoms with Gasteiger partial charge in [-0.3, -0.25) is 9.59 Å². The molecule has 1 aromatic carbocycles. The second-order valence-electron chi connectivity index (χ2n) is 6.61. The SMILES string of the molecule is CC1(C)C(=O)NC[C@H]1C(=O)N1C(=O)OCC1Cc1ccccc1. The number of hydrogen-bond donors (Lipinski definition) is 1. The van der Waals surface area contributed by atoms with Crippen molar-refractivity contribution in [2.75, 3.05) is 13.2 Å². The zero-order valence-electron chi connectivity index (χ0n) is 13.2. The van der Waals surface area contributed by atoms with E-state index in [0.717, 1.165) is 5.56 Å². The smallest absolute Gasteiger partial charge is 0.416 e. The van der Waals surface area contributed by atoms with Gasteiger partial charge >= 0.3 is 6.09 Å². The molecule has 6 heteroatoms. The van der Waals surface area contributed by atoms with E-state index >= 15 is 0 Å². The van der Waals surface area contributed by atoms with Crippen molar-refractivity contribution >= 4 is 17.9 Å². The summed E-state index contributed by atoms with van der Waals surface area (Å²) >= 11 is 0. The quantitative estimate of drug-likeness (QED) is 0.913. The van der Waals surface area contributed by atoms with Crippen LogP contribution in [0.3, 0.4) is 0 Å². The number of imide groups is 1. The van der Waals surface area contributed by atoms with E-state index in [1.165, 1.54) is 4.90 Å². The molecule has 6 nitrogen and oxygen atoms in total. The lowest BCUT2D eigenvalue weighted by molar-refractivity contribution is -0.139. The number of benzene rings is 1. The van der Waals surface area contributed by atoms with E-state index in [-0.39, 0.29) is 31.0 Å². The standard InChI is InChI=1S/C17H20N2O4/c1-17(2)13(9-18-15(17)21)14(20)19-12(10-23-16(19)22)8-11-6-4-3-5-7-11/h3-7,12-13H,8-10H2,1-2H3,(H,18,21)/t12?,13-/m0/s1. The number of ether oxygens (including phenoxy) is 1. The van der Waals surface area contributed by atoms with Crippen molar-refractivity contribution in [2.45, 2.75) is 26.3 Å². The Hall–Kier alpha value is -2.37. The summed E-state index contributed by atoms with van der Waals surface area (Å²) in [5.74, 6) is -1.06. The summed E-state index contributed by atoms with van der Waals surface area (Å²) in [5, 5.41) is 2.71. The number of carbonyl (C=O) groups excluding carboxylic acids is 3. The third-order valence-corrected chi connectivity index (χ3v) is 4.73. The number of carbonyl (C=O) groups is 3. The molecular weight excluding hydrogens is 296 g/mol. The lowest BCUT2D eigenvalue weighted by atomic mass is 9.80. The molecule has 2 atom stereocenters. The zero-order chi connectivity index (χ0) is 16.6. The van der Waals surface area contributed by atoms with E-state index in [9.17, 15) is 14.4 Å². The number of hydrogen-bond acceptors (Lipinski definition) is 4. The molecule has 2 aliphatic heterocycles. The third-order valence-electron chi connectivity index (χ3n) is 4.73. The van der Waals surface area contributed by atoms with Gasteiger partial charge in [0.25, 0.3) is 0 Å². The molecule has 2 saturated heterocycles. The van der Waals surface area contributed by atoms with Crippen LogP contribution in [0.4, 0.5) is 4.79 Å². The summed E-state index contributed by atoms with van der Waals surface area (Å²) < 4.78 is 5.09. The average molecular weight is 316 g/mol. The van der Waals surface area contributed by atoms with Crippen LogP contribution in [0.1, 0.15) is 19.4 Å². The molecule has 0 radical (unpaired) electrons. The molecule has 0 bridgehead atoms. The fraction of sp³-hybridized carbons (Fsp3) is 0.471. The van der Waals surface area contributed by atoms with Crippen molar-refractivity contribution < 1.29 is 19.1 Å². The van der Waals surface area contributed by atoms with Crippen LogP contribution in [-0.2, 0) is 20.7 Å². The van der Waals surface area contributed by atoms with Crippen molar-refractivity contribution in [1.29, 1.82) is 0 Å². The minimum absolute atomic E-state index is 0.164. The summed E-state index contributed by atoms with van der Waals surface area (Å²) in [4.78, 5) is 38.0. The Morgan fingerprint density at radius 1 is 1.30 bits per heavy atom. The van der Waals surface area contributed by atoms with Gasteiger partial charge in [-0.2, -0.15) is 0 Å². The van der Waals surface area contributed by atoms with E-state index in [0.29, 0.717) is 6.42 Å². The summed E-state index contributed by atoms with van der Waals surface area (Å²) in [5.41, 5.74) is 0.213. The molecule has 3 rings (SSSR count). The summed E-state index contributed by atoms with van der Waals surface area (Å²) in [7, 11) is 0.